The Morgan fingerprint density at radius 3 is 2.47 bits per heavy atom. The van der Waals surface area contributed by atoms with Crippen LogP contribution in [0, 0.1) is 27.7 Å². The molecule has 1 amide bonds. The molecule has 0 atom stereocenters. The van der Waals surface area contributed by atoms with E-state index >= 15 is 0 Å². The minimum atomic E-state index is -4.19. The molecule has 0 aliphatic carbocycles. The predicted molar refractivity (Wildman–Crippen MR) is 121 cm³/mol. The molecule has 2 aromatic heterocycles. The fourth-order valence-electron chi connectivity index (χ4n) is 3.10. The second-order valence-electron chi connectivity index (χ2n) is 7.02. The third kappa shape index (κ3) is 4.64. The highest BCUT2D eigenvalue weighted by Crippen LogP contribution is 2.34. The third-order valence-electron chi connectivity index (χ3n) is 4.53. The van der Waals surface area contributed by atoms with E-state index in [1.807, 2.05) is 0 Å². The smallest absolute Gasteiger partial charge is 0.308 e. The number of hydrogen-bond donors (Lipinski definition) is 2. The molecule has 0 saturated heterocycles. The van der Waals surface area contributed by atoms with Crippen LogP contribution < -0.4 is 14.8 Å². The van der Waals surface area contributed by atoms with E-state index in [0.717, 1.165) is 22.5 Å². The Balaban J connectivity index is 1.94. The SMILES string of the molecule is CC(=O)Oc1c(C)cc(C)c(NC(=O)c2sccc2S(=O)(=O)Nc2onc(C)c2Cl)c1C. The van der Waals surface area contributed by atoms with Crippen LogP contribution in [0.2, 0.25) is 5.02 Å². The van der Waals surface area contributed by atoms with E-state index in [-0.39, 0.29) is 20.7 Å². The lowest BCUT2D eigenvalue weighted by atomic mass is 10.0. The summed E-state index contributed by atoms with van der Waals surface area (Å²) in [7, 11) is -4.19. The van der Waals surface area contributed by atoms with Crippen molar-refractivity contribution in [2.45, 2.75) is 39.5 Å². The normalized spacial score (nSPS) is 11.3. The molecular weight excluding hydrogens is 478 g/mol. The Bertz CT molecular complexity index is 1330. The molecule has 0 aliphatic rings. The molecule has 0 saturated carbocycles. The molecule has 0 bridgehead atoms. The van der Waals surface area contributed by atoms with Crippen LogP contribution >= 0.6 is 22.9 Å². The second kappa shape index (κ2) is 8.93. The van der Waals surface area contributed by atoms with Crippen LogP contribution in [0.3, 0.4) is 0 Å². The predicted octanol–water partition coefficient (Wildman–Crippen LogP) is 4.60. The monoisotopic (exact) mass is 497 g/mol. The molecule has 0 radical (unpaired) electrons. The molecule has 12 heteroatoms. The Morgan fingerprint density at radius 2 is 1.88 bits per heavy atom. The molecule has 3 rings (SSSR count). The lowest BCUT2D eigenvalue weighted by molar-refractivity contribution is -0.131. The number of halogens is 1. The summed E-state index contributed by atoms with van der Waals surface area (Å²) in [4.78, 5) is 24.2. The van der Waals surface area contributed by atoms with E-state index in [1.54, 1.807) is 33.8 Å². The largest absolute Gasteiger partial charge is 0.426 e. The number of nitrogens with zero attached hydrogens (tertiary/aromatic N) is 1. The van der Waals surface area contributed by atoms with Crippen LogP contribution in [0.25, 0.3) is 0 Å². The molecule has 1 aromatic carbocycles. The summed E-state index contributed by atoms with van der Waals surface area (Å²) in [6.07, 6.45) is 0. The average Bonchev–Trinajstić information content (AvgIpc) is 3.31. The number of aromatic nitrogens is 1. The Labute approximate surface area is 193 Å². The first-order valence-electron chi connectivity index (χ1n) is 9.25. The van der Waals surface area contributed by atoms with Crippen molar-refractivity contribution in [2.24, 2.45) is 0 Å². The number of carbonyl (C=O) groups is 2. The zero-order chi connectivity index (χ0) is 23.8. The highest BCUT2D eigenvalue weighted by atomic mass is 35.5. The standard InChI is InChI=1S/C20H20ClN3O6S2/c1-9-8-10(2)17(29-13(5)25)11(3)16(9)22-19(26)18-14(6-7-31-18)32(27,28)24-20-15(21)12(4)23-30-20/h6-8,24H,1-5H3,(H,22,26). The summed E-state index contributed by atoms with van der Waals surface area (Å²) in [5.41, 5.74) is 2.76. The lowest BCUT2D eigenvalue weighted by Gasteiger charge is -2.17. The van der Waals surface area contributed by atoms with Gasteiger partial charge in [-0.3, -0.25) is 9.59 Å². The summed E-state index contributed by atoms with van der Waals surface area (Å²) >= 11 is 6.95. The highest BCUT2D eigenvalue weighted by molar-refractivity contribution is 7.93. The van der Waals surface area contributed by atoms with Crippen molar-refractivity contribution in [1.29, 1.82) is 0 Å². The molecule has 2 N–H and O–H groups in total. The molecule has 0 aliphatic heterocycles. The molecule has 170 valence electrons. The molecule has 0 fully saturated rings. The molecule has 32 heavy (non-hydrogen) atoms. The summed E-state index contributed by atoms with van der Waals surface area (Å²) in [5.74, 6) is -1.02. The van der Waals surface area contributed by atoms with Gasteiger partial charge in [-0.25, -0.2) is 13.1 Å². The van der Waals surface area contributed by atoms with Gasteiger partial charge in [-0.15, -0.1) is 11.3 Å². The molecule has 0 unspecified atom stereocenters. The first-order valence-corrected chi connectivity index (χ1v) is 12.0. The molecule has 2 heterocycles. The average molecular weight is 498 g/mol. The van der Waals surface area contributed by atoms with Crippen molar-refractivity contribution >= 4 is 56.4 Å². The maximum Gasteiger partial charge on any atom is 0.308 e. The summed E-state index contributed by atoms with van der Waals surface area (Å²) in [5, 5.41) is 7.85. The number of hydrogen-bond acceptors (Lipinski definition) is 8. The minimum Gasteiger partial charge on any atom is -0.426 e. The number of ether oxygens (including phenoxy) is 1. The van der Waals surface area contributed by atoms with E-state index in [2.05, 4.69) is 15.2 Å². The number of aryl methyl sites for hydroxylation is 3. The van der Waals surface area contributed by atoms with Crippen LogP contribution in [0.5, 0.6) is 5.75 Å². The van der Waals surface area contributed by atoms with Gasteiger partial charge in [0.05, 0.1) is 5.69 Å². The quantitative estimate of drug-likeness (QED) is 0.376. The number of anilines is 2. The Morgan fingerprint density at radius 1 is 1.19 bits per heavy atom. The maximum absolute atomic E-state index is 13.0. The topological polar surface area (TPSA) is 128 Å². The molecule has 9 nitrogen and oxygen atoms in total. The van der Waals surface area contributed by atoms with Gasteiger partial charge in [-0.05, 0) is 50.3 Å². The van der Waals surface area contributed by atoms with Crippen LogP contribution in [0.1, 0.15) is 39.0 Å². The van der Waals surface area contributed by atoms with Crippen LogP contribution in [-0.2, 0) is 14.8 Å². The lowest BCUT2D eigenvalue weighted by Crippen LogP contribution is -2.19. The first kappa shape index (κ1) is 23.8. The second-order valence-corrected chi connectivity index (χ2v) is 9.96. The van der Waals surface area contributed by atoms with Crippen LogP contribution in [0.4, 0.5) is 11.6 Å². The van der Waals surface area contributed by atoms with Crippen molar-refractivity contribution in [3.63, 3.8) is 0 Å². The number of nitrogens with one attached hydrogen (secondary N) is 2. The van der Waals surface area contributed by atoms with Gasteiger partial charge in [0.15, 0.2) is 0 Å². The highest BCUT2D eigenvalue weighted by Gasteiger charge is 2.27. The van der Waals surface area contributed by atoms with Crippen molar-refractivity contribution in [3.8, 4) is 5.75 Å². The van der Waals surface area contributed by atoms with Gasteiger partial charge in [0.2, 0.25) is 0 Å². The van der Waals surface area contributed by atoms with Crippen LogP contribution in [0.15, 0.2) is 26.9 Å². The zero-order valence-corrected chi connectivity index (χ0v) is 20.2. The van der Waals surface area contributed by atoms with E-state index < -0.39 is 21.9 Å². The number of sulfonamides is 1. The van der Waals surface area contributed by atoms with E-state index in [0.29, 0.717) is 22.7 Å². The number of benzene rings is 1. The summed E-state index contributed by atoms with van der Waals surface area (Å²) in [6.45, 7) is 8.12. The van der Waals surface area contributed by atoms with Gasteiger partial charge in [0.1, 0.15) is 26.2 Å². The third-order valence-corrected chi connectivity index (χ3v) is 7.39. The van der Waals surface area contributed by atoms with E-state index in [4.69, 9.17) is 20.9 Å². The minimum absolute atomic E-state index is 0.0266. The maximum atomic E-state index is 13.0. The molecule has 3 aromatic rings. The Hall–Kier alpha value is -2.89. The van der Waals surface area contributed by atoms with Crippen molar-refractivity contribution in [2.75, 3.05) is 10.0 Å². The summed E-state index contributed by atoms with van der Waals surface area (Å²) < 4.78 is 38.1. The number of carbonyl (C=O) groups excluding carboxylic acids is 2. The fourth-order valence-corrected chi connectivity index (χ4v) is 5.60. The van der Waals surface area contributed by atoms with Crippen molar-refractivity contribution in [3.05, 3.63) is 49.8 Å². The zero-order valence-electron chi connectivity index (χ0n) is 17.8. The van der Waals surface area contributed by atoms with E-state index in [9.17, 15) is 18.0 Å². The van der Waals surface area contributed by atoms with Gasteiger partial charge in [-0.2, -0.15) is 0 Å². The van der Waals surface area contributed by atoms with Gasteiger partial charge in [0.25, 0.3) is 21.8 Å². The van der Waals surface area contributed by atoms with Gasteiger partial charge in [0, 0.05) is 12.5 Å². The Kier molecular flexibility index (Phi) is 6.63. The number of rotatable bonds is 6. The number of esters is 1. The van der Waals surface area contributed by atoms with Crippen molar-refractivity contribution in [1.82, 2.24) is 5.16 Å². The number of thiophene rings is 1. The first-order chi connectivity index (χ1) is 14.9. The van der Waals surface area contributed by atoms with Gasteiger partial charge < -0.3 is 14.6 Å². The van der Waals surface area contributed by atoms with Crippen molar-refractivity contribution < 1.29 is 27.3 Å². The van der Waals surface area contributed by atoms with Gasteiger partial charge >= 0.3 is 5.97 Å². The van der Waals surface area contributed by atoms with E-state index in [1.165, 1.54) is 18.4 Å². The van der Waals surface area contributed by atoms with Gasteiger partial charge in [-0.1, -0.05) is 22.8 Å². The fraction of sp³-hybridized carbons (Fsp3) is 0.250. The van der Waals surface area contributed by atoms with Crippen LogP contribution in [-0.4, -0.2) is 25.5 Å². The molecule has 0 spiro atoms. The number of amides is 1. The molecular formula is C20H20ClN3O6S2. The summed E-state index contributed by atoms with van der Waals surface area (Å²) in [6, 6.07) is 3.07.